The van der Waals surface area contributed by atoms with Crippen molar-refractivity contribution in [2.24, 2.45) is 5.90 Å². The molecule has 0 aromatic rings. The first-order valence-electron chi connectivity index (χ1n) is 7.32. The monoisotopic (exact) mass is 357 g/mol. The Morgan fingerprint density at radius 1 is 0.909 bits per heavy atom. The lowest BCUT2D eigenvalue weighted by molar-refractivity contribution is 0.0337. The fraction of sp³-hybridized carbons (Fsp3) is 1.00. The zero-order chi connectivity index (χ0) is 18.2. The van der Waals surface area contributed by atoms with Crippen molar-refractivity contribution >= 4 is 15.6 Å². The van der Waals surface area contributed by atoms with Crippen molar-refractivity contribution in [3.05, 3.63) is 0 Å². The molecule has 8 heteroatoms. The largest absolute Gasteiger partial charge is 0.352 e. The summed E-state index contributed by atoms with van der Waals surface area (Å²) in [4.78, 5) is 0. The van der Waals surface area contributed by atoms with Crippen LogP contribution < -0.4 is 5.90 Å². The van der Waals surface area contributed by atoms with Gasteiger partial charge in [-0.25, -0.2) is 10.5 Å². The van der Waals surface area contributed by atoms with E-state index in [1.807, 2.05) is 20.8 Å². The van der Waals surface area contributed by atoms with Crippen LogP contribution in [0.15, 0.2) is 0 Å². The molecule has 0 aliphatic carbocycles. The molecule has 0 rings (SSSR count). The van der Waals surface area contributed by atoms with Crippen molar-refractivity contribution in [3.63, 3.8) is 0 Å². The molecule has 2 atom stereocenters. The van der Waals surface area contributed by atoms with E-state index in [0.29, 0.717) is 0 Å². The minimum absolute atomic E-state index is 0.540. The van der Waals surface area contributed by atoms with Gasteiger partial charge >= 0.3 is 7.60 Å². The quantitative estimate of drug-likeness (QED) is 0.546. The van der Waals surface area contributed by atoms with Crippen molar-refractivity contribution < 1.29 is 22.8 Å². The van der Waals surface area contributed by atoms with Crippen LogP contribution in [0.25, 0.3) is 0 Å². The normalized spacial score (nSPS) is 18.9. The van der Waals surface area contributed by atoms with E-state index < -0.39 is 37.1 Å². The predicted octanol–water partition coefficient (Wildman–Crippen LogP) is 4.73. The molecule has 0 saturated carbocycles. The van der Waals surface area contributed by atoms with Crippen LogP contribution in [0.5, 0.6) is 0 Å². The molecule has 2 unspecified atom stereocenters. The molecule has 2 N–H and O–H groups in total. The highest BCUT2D eigenvalue weighted by Crippen LogP contribution is 2.64. The Labute approximate surface area is 135 Å². The molecule has 0 aliphatic heterocycles. The van der Waals surface area contributed by atoms with E-state index in [1.54, 1.807) is 48.5 Å². The summed E-state index contributed by atoms with van der Waals surface area (Å²) in [6, 6.07) is 0. The zero-order valence-electron chi connectivity index (χ0n) is 15.6. The lowest BCUT2D eigenvalue weighted by Gasteiger charge is -2.44. The standard InChI is InChI=1S/C14H33NO5P2/c1-11(2,3)18-21(16)14(9,10)13(7,8)19-22(17,20-15)12(4,5)6/h21H,15H2,1-10H3. The van der Waals surface area contributed by atoms with Crippen molar-refractivity contribution in [1.29, 1.82) is 0 Å². The van der Waals surface area contributed by atoms with Gasteiger partial charge in [0.25, 0.3) is 0 Å². The van der Waals surface area contributed by atoms with Gasteiger partial charge in [0, 0.05) is 0 Å². The summed E-state index contributed by atoms with van der Waals surface area (Å²) in [5, 5.41) is -1.67. The fourth-order valence-corrected chi connectivity index (χ4v) is 4.28. The molecular formula is C14H33NO5P2. The molecule has 0 bridgehead atoms. The van der Waals surface area contributed by atoms with Crippen LogP contribution in [-0.2, 0) is 22.8 Å². The molecule has 0 radical (unpaired) electrons. The number of nitrogens with two attached hydrogens (primary N) is 1. The maximum absolute atomic E-state index is 12.9. The summed E-state index contributed by atoms with van der Waals surface area (Å²) in [6.45, 7) is 17.6. The Morgan fingerprint density at radius 3 is 1.59 bits per heavy atom. The maximum atomic E-state index is 12.9. The van der Waals surface area contributed by atoms with E-state index in [-0.39, 0.29) is 0 Å². The first-order valence-corrected chi connectivity index (χ1v) is 10.2. The van der Waals surface area contributed by atoms with E-state index in [4.69, 9.17) is 19.6 Å². The highest BCUT2D eigenvalue weighted by atomic mass is 31.2. The first-order chi connectivity index (χ1) is 9.40. The van der Waals surface area contributed by atoms with Gasteiger partial charge in [0.1, 0.15) is 0 Å². The molecule has 0 saturated heterocycles. The SMILES string of the molecule is CC(C)(C)O[PH](=O)C(C)(C)C(C)(C)OP(=O)(ON)C(C)(C)C. The zero-order valence-corrected chi connectivity index (χ0v) is 17.5. The van der Waals surface area contributed by atoms with Gasteiger partial charge < -0.3 is 9.05 Å². The van der Waals surface area contributed by atoms with Crippen LogP contribution in [-0.4, -0.2) is 21.5 Å². The molecule has 22 heavy (non-hydrogen) atoms. The smallest absolute Gasteiger partial charge is 0.324 e. The van der Waals surface area contributed by atoms with Gasteiger partial charge in [-0.3, -0.25) is 9.13 Å². The second-order valence-electron chi connectivity index (χ2n) is 8.50. The molecule has 0 heterocycles. The van der Waals surface area contributed by atoms with Crippen LogP contribution >= 0.6 is 15.6 Å². The molecule has 0 aromatic carbocycles. The fourth-order valence-electron chi connectivity index (χ4n) is 1.38. The van der Waals surface area contributed by atoms with Crippen LogP contribution in [0.1, 0.15) is 69.2 Å². The summed E-state index contributed by atoms with van der Waals surface area (Å²) in [5.41, 5.74) is -1.57. The summed E-state index contributed by atoms with van der Waals surface area (Å²) >= 11 is 0. The lowest BCUT2D eigenvalue weighted by Crippen LogP contribution is -2.46. The minimum Gasteiger partial charge on any atom is -0.324 e. The van der Waals surface area contributed by atoms with Crippen LogP contribution in [0.4, 0.5) is 0 Å². The van der Waals surface area contributed by atoms with Crippen LogP contribution in [0, 0.1) is 0 Å². The first kappa shape index (κ1) is 22.3. The third kappa shape index (κ3) is 5.15. The van der Waals surface area contributed by atoms with Gasteiger partial charge in [0.05, 0.1) is 21.5 Å². The minimum atomic E-state index is -3.59. The maximum Gasteiger partial charge on any atom is 0.352 e. The molecule has 0 amide bonds. The number of hydrogen-bond donors (Lipinski definition) is 1. The summed E-state index contributed by atoms with van der Waals surface area (Å²) < 4.78 is 41.7. The summed E-state index contributed by atoms with van der Waals surface area (Å²) in [6.07, 6.45) is 0. The lowest BCUT2D eigenvalue weighted by atomic mass is 9.94. The third-order valence-corrected chi connectivity index (χ3v) is 8.76. The van der Waals surface area contributed by atoms with Gasteiger partial charge in [0.2, 0.25) is 0 Å². The molecule has 134 valence electrons. The van der Waals surface area contributed by atoms with E-state index in [1.165, 1.54) is 0 Å². The Kier molecular flexibility index (Phi) is 6.75. The third-order valence-electron chi connectivity index (χ3n) is 3.72. The second kappa shape index (κ2) is 6.66. The number of rotatable bonds is 6. The molecule has 0 fully saturated rings. The second-order valence-corrected chi connectivity index (χ2v) is 13.3. The van der Waals surface area contributed by atoms with Crippen molar-refractivity contribution in [1.82, 2.24) is 0 Å². The van der Waals surface area contributed by atoms with Crippen molar-refractivity contribution in [2.45, 2.75) is 90.8 Å². The van der Waals surface area contributed by atoms with Gasteiger partial charge in [-0.15, -0.1) is 0 Å². The highest BCUT2D eigenvalue weighted by Gasteiger charge is 2.52. The average molecular weight is 357 g/mol. The topological polar surface area (TPSA) is 87.8 Å². The van der Waals surface area contributed by atoms with Crippen molar-refractivity contribution in [2.75, 3.05) is 0 Å². The molecule has 0 spiro atoms. The summed E-state index contributed by atoms with van der Waals surface area (Å²) in [7, 11) is -6.09. The van der Waals surface area contributed by atoms with E-state index in [2.05, 4.69) is 0 Å². The van der Waals surface area contributed by atoms with Crippen molar-refractivity contribution in [3.8, 4) is 0 Å². The highest BCUT2D eigenvalue weighted by molar-refractivity contribution is 7.55. The summed E-state index contributed by atoms with van der Waals surface area (Å²) in [5.74, 6) is 5.23. The van der Waals surface area contributed by atoms with E-state index in [0.717, 1.165) is 0 Å². The van der Waals surface area contributed by atoms with E-state index >= 15 is 0 Å². The molecule has 0 aliphatic rings. The molecule has 6 nitrogen and oxygen atoms in total. The van der Waals surface area contributed by atoms with Gasteiger partial charge in [0.15, 0.2) is 8.03 Å². The Balaban J connectivity index is 5.54. The van der Waals surface area contributed by atoms with Crippen LogP contribution in [0.3, 0.4) is 0 Å². The van der Waals surface area contributed by atoms with E-state index in [9.17, 15) is 9.13 Å². The van der Waals surface area contributed by atoms with Crippen LogP contribution in [0.2, 0.25) is 0 Å². The average Bonchev–Trinajstić information content (AvgIpc) is 2.23. The Hall–Kier alpha value is 0.300. The molecular weight excluding hydrogens is 324 g/mol. The molecule has 0 aromatic heterocycles. The van der Waals surface area contributed by atoms with Gasteiger partial charge in [-0.05, 0) is 69.2 Å². The van der Waals surface area contributed by atoms with Gasteiger partial charge in [-0.2, -0.15) is 0 Å². The Bertz CT molecular complexity index is 461. The predicted molar refractivity (Wildman–Crippen MR) is 91.7 cm³/mol. The van der Waals surface area contributed by atoms with Gasteiger partial charge in [-0.1, -0.05) is 0 Å². The number of hydrogen-bond acceptors (Lipinski definition) is 6. The Morgan fingerprint density at radius 2 is 1.32 bits per heavy atom.